The lowest BCUT2D eigenvalue weighted by Crippen LogP contribution is -1.96. The SMILES string of the molecule is Cc1nc(C(O)c2ccc(Cl)s2)cs1. The van der Waals surface area contributed by atoms with E-state index in [2.05, 4.69) is 4.98 Å². The largest absolute Gasteiger partial charge is 0.381 e. The summed E-state index contributed by atoms with van der Waals surface area (Å²) in [5, 5.41) is 12.7. The van der Waals surface area contributed by atoms with Crippen molar-refractivity contribution in [3.8, 4) is 0 Å². The number of thiazole rings is 1. The quantitative estimate of drug-likeness (QED) is 0.881. The van der Waals surface area contributed by atoms with Crippen molar-refractivity contribution >= 4 is 34.3 Å². The number of aliphatic hydroxyl groups excluding tert-OH is 1. The fraction of sp³-hybridized carbons (Fsp3) is 0.222. The fourth-order valence-electron chi connectivity index (χ4n) is 1.13. The molecular weight excluding hydrogens is 238 g/mol. The van der Waals surface area contributed by atoms with Gasteiger partial charge in [-0.15, -0.1) is 22.7 Å². The summed E-state index contributed by atoms with van der Waals surface area (Å²) in [4.78, 5) is 5.06. The van der Waals surface area contributed by atoms with Gasteiger partial charge in [-0.1, -0.05) is 11.6 Å². The van der Waals surface area contributed by atoms with Crippen molar-refractivity contribution in [3.05, 3.63) is 37.4 Å². The van der Waals surface area contributed by atoms with Crippen LogP contribution in [0.25, 0.3) is 0 Å². The Kier molecular flexibility index (Phi) is 2.88. The zero-order chi connectivity index (χ0) is 10.1. The average Bonchev–Trinajstić information content (AvgIpc) is 2.73. The molecule has 2 nitrogen and oxygen atoms in total. The van der Waals surface area contributed by atoms with Gasteiger partial charge in [0.2, 0.25) is 0 Å². The van der Waals surface area contributed by atoms with Gasteiger partial charge >= 0.3 is 0 Å². The number of hydrogen-bond donors (Lipinski definition) is 1. The third kappa shape index (κ3) is 1.98. The molecule has 1 N–H and O–H groups in total. The lowest BCUT2D eigenvalue weighted by Gasteiger charge is -2.03. The minimum Gasteiger partial charge on any atom is -0.381 e. The van der Waals surface area contributed by atoms with Gasteiger partial charge in [0.25, 0.3) is 0 Å². The maximum atomic E-state index is 9.91. The van der Waals surface area contributed by atoms with Crippen LogP contribution in [-0.2, 0) is 0 Å². The third-order valence-corrected chi connectivity index (χ3v) is 3.86. The molecule has 0 saturated carbocycles. The Labute approximate surface area is 94.8 Å². The third-order valence-electron chi connectivity index (χ3n) is 1.78. The second kappa shape index (κ2) is 3.98. The zero-order valence-corrected chi connectivity index (χ0v) is 9.79. The van der Waals surface area contributed by atoms with Gasteiger partial charge in [-0.25, -0.2) is 4.98 Å². The Morgan fingerprint density at radius 2 is 2.29 bits per heavy atom. The number of halogens is 1. The van der Waals surface area contributed by atoms with Gasteiger partial charge in [0.1, 0.15) is 6.10 Å². The highest BCUT2D eigenvalue weighted by Gasteiger charge is 2.15. The van der Waals surface area contributed by atoms with Crippen molar-refractivity contribution in [2.24, 2.45) is 0 Å². The van der Waals surface area contributed by atoms with Crippen LogP contribution in [0.1, 0.15) is 21.7 Å². The van der Waals surface area contributed by atoms with Crippen LogP contribution in [-0.4, -0.2) is 10.1 Å². The summed E-state index contributed by atoms with van der Waals surface area (Å²) in [5.74, 6) is 0. The molecule has 5 heteroatoms. The summed E-state index contributed by atoms with van der Waals surface area (Å²) >= 11 is 8.70. The van der Waals surface area contributed by atoms with Crippen LogP contribution in [0.15, 0.2) is 17.5 Å². The van der Waals surface area contributed by atoms with Crippen LogP contribution in [0, 0.1) is 6.92 Å². The van der Waals surface area contributed by atoms with E-state index in [1.54, 1.807) is 6.07 Å². The minimum atomic E-state index is -0.641. The summed E-state index contributed by atoms with van der Waals surface area (Å²) in [6.45, 7) is 1.92. The predicted octanol–water partition coefficient (Wildman–Crippen LogP) is 3.25. The molecule has 14 heavy (non-hydrogen) atoms. The molecular formula is C9H8ClNOS2. The second-order valence-corrected chi connectivity index (χ2v) is 5.64. The maximum absolute atomic E-state index is 9.91. The first-order chi connectivity index (χ1) is 6.66. The Hall–Kier alpha value is -0.420. The van der Waals surface area contributed by atoms with E-state index < -0.39 is 6.10 Å². The highest BCUT2D eigenvalue weighted by Crippen LogP contribution is 2.31. The molecule has 1 unspecified atom stereocenters. The van der Waals surface area contributed by atoms with E-state index in [0.717, 1.165) is 9.88 Å². The van der Waals surface area contributed by atoms with Gasteiger partial charge in [-0.2, -0.15) is 0 Å². The van der Waals surface area contributed by atoms with Crippen molar-refractivity contribution in [1.82, 2.24) is 4.98 Å². The molecule has 2 aromatic heterocycles. The topological polar surface area (TPSA) is 33.1 Å². The van der Waals surface area contributed by atoms with Gasteiger partial charge in [0, 0.05) is 10.3 Å². The van der Waals surface area contributed by atoms with E-state index in [1.807, 2.05) is 18.4 Å². The summed E-state index contributed by atoms with van der Waals surface area (Å²) in [7, 11) is 0. The molecule has 0 radical (unpaired) electrons. The van der Waals surface area contributed by atoms with Gasteiger partial charge < -0.3 is 5.11 Å². The standard InChI is InChI=1S/C9H8ClNOS2/c1-5-11-6(4-13-5)9(12)7-2-3-8(10)14-7/h2-4,9,12H,1H3. The van der Waals surface area contributed by atoms with Gasteiger partial charge in [-0.3, -0.25) is 0 Å². The van der Waals surface area contributed by atoms with E-state index in [-0.39, 0.29) is 0 Å². The molecule has 2 heterocycles. The summed E-state index contributed by atoms with van der Waals surface area (Å²) in [6, 6.07) is 3.61. The number of hydrogen-bond acceptors (Lipinski definition) is 4. The molecule has 74 valence electrons. The first-order valence-electron chi connectivity index (χ1n) is 4.02. The Bertz CT molecular complexity index is 397. The number of aryl methyl sites for hydroxylation is 1. The molecule has 0 bridgehead atoms. The highest BCUT2D eigenvalue weighted by molar-refractivity contribution is 7.16. The van der Waals surface area contributed by atoms with Crippen molar-refractivity contribution in [3.63, 3.8) is 0 Å². The Morgan fingerprint density at radius 1 is 1.50 bits per heavy atom. The zero-order valence-electron chi connectivity index (χ0n) is 7.40. The van der Waals surface area contributed by atoms with Crippen molar-refractivity contribution < 1.29 is 5.11 Å². The molecule has 0 amide bonds. The van der Waals surface area contributed by atoms with Gasteiger partial charge in [0.15, 0.2) is 0 Å². The van der Waals surface area contributed by atoms with Crippen molar-refractivity contribution in [2.75, 3.05) is 0 Å². The predicted molar refractivity (Wildman–Crippen MR) is 60.2 cm³/mol. The molecule has 0 saturated heterocycles. The number of aromatic nitrogens is 1. The van der Waals surface area contributed by atoms with Crippen LogP contribution >= 0.6 is 34.3 Å². The fourth-order valence-corrected chi connectivity index (χ4v) is 2.82. The van der Waals surface area contributed by atoms with E-state index in [1.165, 1.54) is 22.7 Å². The number of nitrogens with zero attached hydrogens (tertiary/aromatic N) is 1. The molecule has 0 aliphatic rings. The monoisotopic (exact) mass is 245 g/mol. The average molecular weight is 246 g/mol. The van der Waals surface area contributed by atoms with Crippen LogP contribution < -0.4 is 0 Å². The summed E-state index contributed by atoms with van der Waals surface area (Å²) in [6.07, 6.45) is -0.641. The van der Waals surface area contributed by atoms with Crippen LogP contribution in [0.3, 0.4) is 0 Å². The molecule has 0 aliphatic heterocycles. The molecule has 0 aliphatic carbocycles. The van der Waals surface area contributed by atoms with Gasteiger partial charge in [-0.05, 0) is 19.1 Å². The molecule has 0 fully saturated rings. The summed E-state index contributed by atoms with van der Waals surface area (Å²) in [5.41, 5.74) is 0.700. The van der Waals surface area contributed by atoms with E-state index >= 15 is 0 Å². The summed E-state index contributed by atoms with van der Waals surface area (Å²) < 4.78 is 0.686. The Balaban J connectivity index is 2.28. The number of aliphatic hydroxyl groups is 1. The molecule has 0 spiro atoms. The number of thiophene rings is 1. The molecule has 2 aromatic rings. The van der Waals surface area contributed by atoms with E-state index in [0.29, 0.717) is 10.0 Å². The van der Waals surface area contributed by atoms with Crippen molar-refractivity contribution in [2.45, 2.75) is 13.0 Å². The first kappa shape index (κ1) is 10.1. The van der Waals surface area contributed by atoms with E-state index in [4.69, 9.17) is 11.6 Å². The minimum absolute atomic E-state index is 0.641. The maximum Gasteiger partial charge on any atom is 0.131 e. The second-order valence-electron chi connectivity index (χ2n) is 2.84. The molecule has 1 atom stereocenters. The Morgan fingerprint density at radius 3 is 2.79 bits per heavy atom. The van der Waals surface area contributed by atoms with Crippen LogP contribution in [0.5, 0.6) is 0 Å². The first-order valence-corrected chi connectivity index (χ1v) is 6.09. The normalized spacial score (nSPS) is 13.1. The number of rotatable bonds is 2. The van der Waals surface area contributed by atoms with Crippen molar-refractivity contribution in [1.29, 1.82) is 0 Å². The highest BCUT2D eigenvalue weighted by atomic mass is 35.5. The smallest absolute Gasteiger partial charge is 0.131 e. The lowest BCUT2D eigenvalue weighted by atomic mass is 10.2. The van der Waals surface area contributed by atoms with Crippen LogP contribution in [0.4, 0.5) is 0 Å². The van der Waals surface area contributed by atoms with E-state index in [9.17, 15) is 5.11 Å². The molecule has 0 aromatic carbocycles. The molecule has 2 rings (SSSR count). The van der Waals surface area contributed by atoms with Crippen LogP contribution in [0.2, 0.25) is 4.34 Å². The lowest BCUT2D eigenvalue weighted by molar-refractivity contribution is 0.220. The van der Waals surface area contributed by atoms with Gasteiger partial charge in [0.05, 0.1) is 15.0 Å².